The maximum atomic E-state index is 11.6. The third-order valence-corrected chi connectivity index (χ3v) is 6.76. The molecule has 0 bridgehead atoms. The van der Waals surface area contributed by atoms with Gasteiger partial charge in [-0.05, 0) is 62.6 Å². The molecule has 5 nitrogen and oxygen atoms in total. The number of hydrogen-bond donors (Lipinski definition) is 1. The van der Waals surface area contributed by atoms with Crippen LogP contribution in [0.3, 0.4) is 0 Å². The molecule has 3 atom stereocenters. The number of fused-ring (bicyclic) bond motifs is 2. The van der Waals surface area contributed by atoms with Gasteiger partial charge in [-0.15, -0.1) is 0 Å². The lowest BCUT2D eigenvalue weighted by molar-refractivity contribution is 0.0870. The Balaban J connectivity index is 1.34. The van der Waals surface area contributed by atoms with E-state index in [2.05, 4.69) is 39.0 Å². The summed E-state index contributed by atoms with van der Waals surface area (Å²) < 4.78 is 7.05. The minimum Gasteiger partial charge on any atom is -0.492 e. The van der Waals surface area contributed by atoms with E-state index >= 15 is 0 Å². The molecule has 3 unspecified atom stereocenters. The van der Waals surface area contributed by atoms with Crippen molar-refractivity contribution in [2.24, 2.45) is 17.8 Å². The van der Waals surface area contributed by atoms with E-state index in [-0.39, 0.29) is 5.54 Å². The third kappa shape index (κ3) is 3.33. The van der Waals surface area contributed by atoms with E-state index in [0.29, 0.717) is 30.3 Å². The molecule has 2 heterocycles. The van der Waals surface area contributed by atoms with Crippen LogP contribution in [0.25, 0.3) is 0 Å². The van der Waals surface area contributed by atoms with Gasteiger partial charge < -0.3 is 14.7 Å². The Morgan fingerprint density at radius 3 is 2.65 bits per heavy atom. The summed E-state index contributed by atoms with van der Waals surface area (Å²) in [6, 6.07) is 6.72. The van der Waals surface area contributed by atoms with Crippen LogP contribution in [-0.2, 0) is 6.42 Å². The van der Waals surface area contributed by atoms with Gasteiger partial charge in [0.25, 0.3) is 0 Å². The van der Waals surface area contributed by atoms with Crippen molar-refractivity contribution >= 4 is 22.0 Å². The van der Waals surface area contributed by atoms with Crippen molar-refractivity contribution in [3.8, 4) is 5.75 Å². The Kier molecular flexibility index (Phi) is 4.47. The monoisotopic (exact) mass is 422 g/mol. The zero-order chi connectivity index (χ0) is 18.6. The molecule has 6 heteroatoms. The quantitative estimate of drug-likeness (QED) is 0.806. The van der Waals surface area contributed by atoms with Crippen LogP contribution >= 0.6 is 15.9 Å². The van der Waals surface area contributed by atoms with E-state index in [4.69, 9.17) is 4.74 Å². The molecule has 2 aliphatic heterocycles. The summed E-state index contributed by atoms with van der Waals surface area (Å²) >= 11 is 3.50. The Hall–Kier alpha value is -1.27. The number of carbonyl (C=O) groups is 1. The average Bonchev–Trinajstić information content (AvgIpc) is 2.99. The van der Waals surface area contributed by atoms with Gasteiger partial charge in [0.1, 0.15) is 12.4 Å². The zero-order valence-electron chi connectivity index (χ0n) is 15.6. The molecule has 1 amide bonds. The van der Waals surface area contributed by atoms with Gasteiger partial charge in [-0.2, -0.15) is 0 Å². The van der Waals surface area contributed by atoms with Gasteiger partial charge in [0, 0.05) is 35.7 Å². The molecule has 1 saturated heterocycles. The lowest BCUT2D eigenvalue weighted by Crippen LogP contribution is -2.47. The summed E-state index contributed by atoms with van der Waals surface area (Å²) in [5.74, 6) is 2.81. The van der Waals surface area contributed by atoms with Crippen LogP contribution in [0.2, 0.25) is 0 Å². The topological polar surface area (TPSA) is 53.0 Å². The fraction of sp³-hybridized carbons (Fsp3) is 0.650. The van der Waals surface area contributed by atoms with Crippen molar-refractivity contribution in [1.82, 2.24) is 9.80 Å². The van der Waals surface area contributed by atoms with E-state index in [1.807, 2.05) is 20.8 Å². The maximum absolute atomic E-state index is 11.6. The van der Waals surface area contributed by atoms with E-state index < -0.39 is 6.09 Å². The van der Waals surface area contributed by atoms with Crippen molar-refractivity contribution in [1.29, 1.82) is 0 Å². The van der Waals surface area contributed by atoms with Gasteiger partial charge in [-0.3, -0.25) is 4.90 Å². The molecule has 1 aliphatic carbocycles. The molecule has 142 valence electrons. The number of benzene rings is 1. The summed E-state index contributed by atoms with van der Waals surface area (Å²) in [6.07, 6.45) is 0.235. The number of amides is 1. The van der Waals surface area contributed by atoms with Crippen LogP contribution in [-0.4, -0.2) is 58.8 Å². The van der Waals surface area contributed by atoms with E-state index in [1.54, 1.807) is 4.90 Å². The minimum absolute atomic E-state index is 0.336. The highest BCUT2D eigenvalue weighted by atomic mass is 79.9. The number of piperidine rings is 1. The SMILES string of the molecule is CC(C)(C)N(CC1C2CN(C3COc4cc(Br)ccc4C3)CC21)C(=O)O. The Labute approximate surface area is 163 Å². The van der Waals surface area contributed by atoms with Crippen LogP contribution in [0.5, 0.6) is 5.75 Å². The highest BCUT2D eigenvalue weighted by Gasteiger charge is 2.57. The molecular formula is C20H27BrN2O3. The van der Waals surface area contributed by atoms with Crippen LogP contribution in [0, 0.1) is 17.8 Å². The number of carboxylic acid groups (broad SMARTS) is 1. The number of halogens is 1. The van der Waals surface area contributed by atoms with Crippen molar-refractivity contribution in [3.05, 3.63) is 28.2 Å². The minimum atomic E-state index is -0.803. The van der Waals surface area contributed by atoms with Gasteiger partial charge >= 0.3 is 6.09 Å². The summed E-state index contributed by atoms with van der Waals surface area (Å²) in [4.78, 5) is 15.7. The predicted molar refractivity (Wildman–Crippen MR) is 104 cm³/mol. The summed E-state index contributed by atoms with van der Waals surface area (Å²) in [5.41, 5.74) is 0.948. The smallest absolute Gasteiger partial charge is 0.407 e. The van der Waals surface area contributed by atoms with E-state index in [0.717, 1.165) is 36.3 Å². The van der Waals surface area contributed by atoms with Crippen LogP contribution in [0.1, 0.15) is 26.3 Å². The number of likely N-dealkylation sites (tertiary alicyclic amines) is 1. The van der Waals surface area contributed by atoms with Gasteiger partial charge in [0.2, 0.25) is 0 Å². The van der Waals surface area contributed by atoms with Gasteiger partial charge in [0.15, 0.2) is 0 Å². The normalized spacial score (nSPS) is 30.3. The first-order valence-electron chi connectivity index (χ1n) is 9.40. The molecule has 26 heavy (non-hydrogen) atoms. The number of nitrogens with zero attached hydrogens (tertiary/aromatic N) is 2. The predicted octanol–water partition coefficient (Wildman–Crippen LogP) is 3.71. The molecule has 0 radical (unpaired) electrons. The van der Waals surface area contributed by atoms with Crippen molar-refractivity contribution in [3.63, 3.8) is 0 Å². The number of hydrogen-bond acceptors (Lipinski definition) is 3. The highest BCUT2D eigenvalue weighted by molar-refractivity contribution is 9.10. The van der Waals surface area contributed by atoms with E-state index in [9.17, 15) is 9.90 Å². The van der Waals surface area contributed by atoms with E-state index in [1.165, 1.54) is 5.56 Å². The second-order valence-corrected chi connectivity index (χ2v) is 9.85. The molecule has 4 rings (SSSR count). The first kappa shape index (κ1) is 18.1. The lowest BCUT2D eigenvalue weighted by atomic mass is 10.0. The van der Waals surface area contributed by atoms with Crippen LogP contribution < -0.4 is 4.74 Å². The fourth-order valence-corrected chi connectivity index (χ4v) is 5.01. The second-order valence-electron chi connectivity index (χ2n) is 8.93. The average molecular weight is 423 g/mol. The molecule has 1 N–H and O–H groups in total. The van der Waals surface area contributed by atoms with Gasteiger partial charge in [-0.25, -0.2) is 4.79 Å². The van der Waals surface area contributed by atoms with Crippen LogP contribution in [0.15, 0.2) is 22.7 Å². The van der Waals surface area contributed by atoms with Crippen molar-refractivity contribution in [2.45, 2.75) is 38.8 Å². The molecule has 0 aromatic heterocycles. The molecule has 2 fully saturated rings. The van der Waals surface area contributed by atoms with Gasteiger partial charge in [0.05, 0.1) is 0 Å². The fourth-order valence-electron chi connectivity index (χ4n) is 4.67. The van der Waals surface area contributed by atoms with Gasteiger partial charge in [-0.1, -0.05) is 22.0 Å². The molecular weight excluding hydrogens is 396 g/mol. The molecule has 3 aliphatic rings. The Bertz CT molecular complexity index is 705. The maximum Gasteiger partial charge on any atom is 0.407 e. The standard InChI is InChI=1S/C20H27BrN2O3/c1-20(2,3)23(19(24)25)10-17-15-8-22(9-16(15)17)14-6-12-4-5-13(21)7-18(12)26-11-14/h4-5,7,14-17H,6,8-11H2,1-3H3,(H,24,25). The molecule has 1 saturated carbocycles. The first-order chi connectivity index (χ1) is 12.2. The highest BCUT2D eigenvalue weighted by Crippen LogP contribution is 2.53. The second kappa shape index (κ2) is 6.41. The Morgan fingerprint density at radius 1 is 1.35 bits per heavy atom. The third-order valence-electron chi connectivity index (χ3n) is 6.27. The molecule has 1 aromatic carbocycles. The molecule has 0 spiro atoms. The van der Waals surface area contributed by atoms with Crippen molar-refractivity contribution in [2.75, 3.05) is 26.2 Å². The van der Waals surface area contributed by atoms with Crippen molar-refractivity contribution < 1.29 is 14.6 Å². The Morgan fingerprint density at radius 2 is 2.04 bits per heavy atom. The molecule has 1 aromatic rings. The number of ether oxygens (including phenoxy) is 1. The first-order valence-corrected chi connectivity index (χ1v) is 10.2. The van der Waals surface area contributed by atoms with Crippen LogP contribution in [0.4, 0.5) is 4.79 Å². The summed E-state index contributed by atoms with van der Waals surface area (Å²) in [7, 11) is 0. The summed E-state index contributed by atoms with van der Waals surface area (Å²) in [6.45, 7) is 9.48. The lowest BCUT2D eigenvalue weighted by Gasteiger charge is -2.36. The largest absolute Gasteiger partial charge is 0.492 e. The number of rotatable bonds is 3. The zero-order valence-corrected chi connectivity index (χ0v) is 17.2. The summed E-state index contributed by atoms with van der Waals surface area (Å²) in [5, 5.41) is 9.51.